The lowest BCUT2D eigenvalue weighted by atomic mass is 10.0. The van der Waals surface area contributed by atoms with Gasteiger partial charge in [-0.3, -0.25) is 9.59 Å². The molecule has 0 bridgehead atoms. The lowest BCUT2D eigenvalue weighted by Gasteiger charge is -2.18. The van der Waals surface area contributed by atoms with Gasteiger partial charge in [0.15, 0.2) is 18.1 Å². The minimum absolute atomic E-state index is 0.0404. The van der Waals surface area contributed by atoms with E-state index in [4.69, 9.17) is 9.47 Å². The summed E-state index contributed by atoms with van der Waals surface area (Å²) in [6.07, 6.45) is 3.82. The summed E-state index contributed by atoms with van der Waals surface area (Å²) in [6, 6.07) is 9.86. The Morgan fingerprint density at radius 3 is 2.91 bits per heavy atom. The minimum Gasteiger partial charge on any atom is -0.493 e. The Bertz CT molecular complexity index is 1410. The lowest BCUT2D eigenvalue weighted by Crippen LogP contribution is -2.36. The molecule has 2 N–H and O–H groups in total. The molecule has 2 unspecified atom stereocenters. The number of hydrogen-bond acceptors (Lipinski definition) is 5. The van der Waals surface area contributed by atoms with Gasteiger partial charge in [0.2, 0.25) is 5.91 Å². The summed E-state index contributed by atoms with van der Waals surface area (Å²) in [5.41, 5.74) is 3.79. The Morgan fingerprint density at radius 2 is 2.12 bits per heavy atom. The SMILES string of the molecule is COc1cc2c(-c3cc4cccnc4[nH]3)cn(C)c2cc1OCC(=O)N1CC2CNC(=O)C2C1. The van der Waals surface area contributed by atoms with E-state index in [1.54, 1.807) is 18.2 Å². The molecule has 34 heavy (non-hydrogen) atoms. The maximum absolute atomic E-state index is 12.8. The van der Waals surface area contributed by atoms with E-state index in [0.717, 1.165) is 33.2 Å². The summed E-state index contributed by atoms with van der Waals surface area (Å²) < 4.78 is 13.6. The highest BCUT2D eigenvalue weighted by Gasteiger charge is 2.43. The lowest BCUT2D eigenvalue weighted by molar-refractivity contribution is -0.132. The van der Waals surface area contributed by atoms with Gasteiger partial charge in [-0.1, -0.05) is 0 Å². The van der Waals surface area contributed by atoms with Crippen LogP contribution in [0, 0.1) is 11.8 Å². The predicted molar refractivity (Wildman–Crippen MR) is 127 cm³/mol. The van der Waals surface area contributed by atoms with Crippen molar-refractivity contribution in [3.8, 4) is 22.8 Å². The number of methoxy groups -OCH3 is 1. The smallest absolute Gasteiger partial charge is 0.260 e. The molecule has 2 atom stereocenters. The highest BCUT2D eigenvalue weighted by molar-refractivity contribution is 5.99. The molecule has 0 spiro atoms. The van der Waals surface area contributed by atoms with Gasteiger partial charge in [-0.2, -0.15) is 0 Å². The zero-order valence-electron chi connectivity index (χ0n) is 19.0. The fourth-order valence-electron chi connectivity index (χ4n) is 5.15. The largest absolute Gasteiger partial charge is 0.493 e. The number of amides is 2. The van der Waals surface area contributed by atoms with Gasteiger partial charge >= 0.3 is 0 Å². The molecule has 2 fully saturated rings. The number of carbonyl (C=O) groups is 2. The van der Waals surface area contributed by atoms with E-state index in [2.05, 4.69) is 27.5 Å². The van der Waals surface area contributed by atoms with Crippen molar-refractivity contribution in [2.24, 2.45) is 18.9 Å². The van der Waals surface area contributed by atoms with Crippen molar-refractivity contribution in [3.05, 3.63) is 42.7 Å². The first-order valence-electron chi connectivity index (χ1n) is 11.3. The predicted octanol–water partition coefficient (Wildman–Crippen LogP) is 2.31. The third-order valence-electron chi connectivity index (χ3n) is 6.98. The van der Waals surface area contributed by atoms with E-state index < -0.39 is 0 Å². The molecular weight excluding hydrogens is 434 g/mol. The van der Waals surface area contributed by atoms with Crippen LogP contribution in [0.5, 0.6) is 11.5 Å². The number of H-pyrrole nitrogens is 1. The van der Waals surface area contributed by atoms with Crippen LogP contribution in [-0.2, 0) is 16.6 Å². The summed E-state index contributed by atoms with van der Waals surface area (Å²) in [5, 5.41) is 4.91. The molecule has 2 amide bonds. The average molecular weight is 460 g/mol. The van der Waals surface area contributed by atoms with Gasteiger partial charge in [-0.05, 0) is 24.3 Å². The van der Waals surface area contributed by atoms with Crippen LogP contribution in [0.2, 0.25) is 0 Å². The summed E-state index contributed by atoms with van der Waals surface area (Å²) in [7, 11) is 3.56. The number of nitrogens with one attached hydrogen (secondary N) is 2. The van der Waals surface area contributed by atoms with Crippen molar-refractivity contribution in [2.75, 3.05) is 33.4 Å². The van der Waals surface area contributed by atoms with E-state index in [-0.39, 0.29) is 30.3 Å². The van der Waals surface area contributed by atoms with Crippen LogP contribution in [0.15, 0.2) is 42.7 Å². The van der Waals surface area contributed by atoms with Crippen LogP contribution in [-0.4, -0.2) is 64.6 Å². The van der Waals surface area contributed by atoms with Crippen molar-refractivity contribution in [1.82, 2.24) is 24.8 Å². The van der Waals surface area contributed by atoms with Crippen molar-refractivity contribution in [3.63, 3.8) is 0 Å². The quantitative estimate of drug-likeness (QED) is 0.477. The Morgan fingerprint density at radius 1 is 1.24 bits per heavy atom. The molecule has 0 radical (unpaired) electrons. The molecule has 5 heterocycles. The second-order valence-corrected chi connectivity index (χ2v) is 9.00. The minimum atomic E-state index is -0.123. The summed E-state index contributed by atoms with van der Waals surface area (Å²) in [5.74, 6) is 1.08. The molecule has 6 rings (SSSR count). The fraction of sp³-hybridized carbons (Fsp3) is 0.320. The molecule has 2 saturated heterocycles. The van der Waals surface area contributed by atoms with Gasteiger partial charge in [-0.15, -0.1) is 0 Å². The molecular formula is C25H25N5O4. The highest BCUT2D eigenvalue weighted by Crippen LogP contribution is 2.38. The summed E-state index contributed by atoms with van der Waals surface area (Å²) in [6.45, 7) is 1.58. The van der Waals surface area contributed by atoms with Crippen LogP contribution in [0.1, 0.15) is 0 Å². The van der Waals surface area contributed by atoms with E-state index in [1.807, 2.05) is 35.9 Å². The Kier molecular flexibility index (Phi) is 4.72. The molecule has 1 aromatic carbocycles. The maximum Gasteiger partial charge on any atom is 0.260 e. The number of likely N-dealkylation sites (tertiary alicyclic amines) is 1. The van der Waals surface area contributed by atoms with Crippen molar-refractivity contribution >= 4 is 33.8 Å². The van der Waals surface area contributed by atoms with Crippen molar-refractivity contribution < 1.29 is 19.1 Å². The van der Waals surface area contributed by atoms with Gasteiger partial charge in [0, 0.05) is 73.1 Å². The molecule has 4 aromatic rings. The van der Waals surface area contributed by atoms with Crippen molar-refractivity contribution in [1.29, 1.82) is 0 Å². The van der Waals surface area contributed by atoms with Gasteiger partial charge in [0.25, 0.3) is 5.91 Å². The molecule has 0 aliphatic carbocycles. The normalized spacial score (nSPS) is 19.6. The molecule has 0 saturated carbocycles. The zero-order valence-corrected chi connectivity index (χ0v) is 19.0. The monoisotopic (exact) mass is 459 g/mol. The Labute approximate surface area is 195 Å². The van der Waals surface area contributed by atoms with Crippen LogP contribution in [0.3, 0.4) is 0 Å². The van der Waals surface area contributed by atoms with Gasteiger partial charge in [0.05, 0.1) is 18.5 Å². The van der Waals surface area contributed by atoms with Crippen LogP contribution < -0.4 is 14.8 Å². The standard InChI is InChI=1S/C25H25N5O4/c1-29-11-18(19-6-14-4-3-5-26-24(14)28-19)16-7-21(33-2)22(8-20(16)29)34-13-23(31)30-10-15-9-27-25(32)17(15)12-30/h3-8,11,15,17H,9-10,12-13H2,1-2H3,(H,26,28)(H,27,32). The van der Waals surface area contributed by atoms with E-state index in [1.165, 1.54) is 0 Å². The number of carbonyl (C=O) groups excluding carboxylic acids is 2. The summed E-state index contributed by atoms with van der Waals surface area (Å²) in [4.78, 5) is 34.2. The average Bonchev–Trinajstić information content (AvgIpc) is 3.60. The molecule has 3 aromatic heterocycles. The number of pyridine rings is 1. The molecule has 2 aliphatic rings. The van der Waals surface area contributed by atoms with Crippen LogP contribution in [0.25, 0.3) is 33.2 Å². The Hall–Kier alpha value is -4.01. The zero-order chi connectivity index (χ0) is 23.4. The molecule has 9 nitrogen and oxygen atoms in total. The first-order chi connectivity index (χ1) is 16.5. The number of rotatable bonds is 5. The van der Waals surface area contributed by atoms with Gasteiger partial charge in [0.1, 0.15) is 5.65 Å². The molecule has 174 valence electrons. The number of aryl methyl sites for hydroxylation is 1. The van der Waals surface area contributed by atoms with E-state index >= 15 is 0 Å². The van der Waals surface area contributed by atoms with Gasteiger partial charge in [-0.25, -0.2) is 4.98 Å². The number of benzene rings is 1. The van der Waals surface area contributed by atoms with E-state index in [9.17, 15) is 9.59 Å². The maximum atomic E-state index is 12.8. The van der Waals surface area contributed by atoms with Crippen LogP contribution >= 0.6 is 0 Å². The number of aromatic amines is 1. The second-order valence-electron chi connectivity index (χ2n) is 9.00. The number of aromatic nitrogens is 3. The number of hydrogen-bond donors (Lipinski definition) is 2. The topological polar surface area (TPSA) is 101 Å². The third-order valence-corrected chi connectivity index (χ3v) is 6.98. The second kappa shape index (κ2) is 7.79. The first-order valence-corrected chi connectivity index (χ1v) is 11.3. The Balaban J connectivity index is 1.26. The van der Waals surface area contributed by atoms with E-state index in [0.29, 0.717) is 31.1 Å². The number of ether oxygens (including phenoxy) is 2. The molecule has 9 heteroatoms. The summed E-state index contributed by atoms with van der Waals surface area (Å²) >= 11 is 0. The van der Waals surface area contributed by atoms with Crippen LogP contribution in [0.4, 0.5) is 0 Å². The highest BCUT2D eigenvalue weighted by atomic mass is 16.5. The fourth-order valence-corrected chi connectivity index (χ4v) is 5.15. The van der Waals surface area contributed by atoms with Gasteiger partial charge < -0.3 is 29.2 Å². The number of nitrogens with zero attached hydrogens (tertiary/aromatic N) is 3. The number of fused-ring (bicyclic) bond motifs is 3. The third kappa shape index (κ3) is 3.27. The first kappa shape index (κ1) is 20.6. The van der Waals surface area contributed by atoms with Crippen molar-refractivity contribution in [2.45, 2.75) is 0 Å². The molecule has 2 aliphatic heterocycles.